The molecule has 1 unspecified atom stereocenters. The molecular formula is C10H12ClN3S2. The lowest BCUT2D eigenvalue weighted by molar-refractivity contribution is 0.622. The number of hydrogen-bond donors (Lipinski definition) is 1. The Hall–Kier alpha value is -0.490. The summed E-state index contributed by atoms with van der Waals surface area (Å²) < 4.78 is 0.714. The first kappa shape index (κ1) is 12.0. The molecule has 0 aliphatic carbocycles. The molecule has 2 rings (SSSR count). The Kier molecular flexibility index (Phi) is 3.91. The minimum absolute atomic E-state index is 0.0706. The monoisotopic (exact) mass is 273 g/mol. The third-order valence-electron chi connectivity index (χ3n) is 2.03. The average Bonchev–Trinajstić information content (AvgIpc) is 2.84. The van der Waals surface area contributed by atoms with E-state index in [0.29, 0.717) is 4.34 Å². The van der Waals surface area contributed by atoms with Crippen molar-refractivity contribution in [2.24, 2.45) is 0 Å². The molecule has 1 atom stereocenters. The SMILES string of the molecule is CCNC(c1nc(C)cs1)c1ncc(Cl)s1. The van der Waals surface area contributed by atoms with Crippen LogP contribution >= 0.6 is 34.3 Å². The van der Waals surface area contributed by atoms with Crippen LogP contribution in [0.25, 0.3) is 0 Å². The number of thiazole rings is 2. The Morgan fingerprint density at radius 2 is 2.31 bits per heavy atom. The summed E-state index contributed by atoms with van der Waals surface area (Å²) in [6.45, 7) is 4.95. The molecule has 0 aliphatic heterocycles. The first-order valence-electron chi connectivity index (χ1n) is 4.97. The van der Waals surface area contributed by atoms with Crippen molar-refractivity contribution in [1.82, 2.24) is 15.3 Å². The zero-order chi connectivity index (χ0) is 11.5. The molecule has 0 amide bonds. The number of rotatable bonds is 4. The van der Waals surface area contributed by atoms with Gasteiger partial charge in [0.15, 0.2) is 0 Å². The first-order valence-corrected chi connectivity index (χ1v) is 7.04. The minimum Gasteiger partial charge on any atom is -0.303 e. The van der Waals surface area contributed by atoms with Crippen LogP contribution in [0.4, 0.5) is 0 Å². The highest BCUT2D eigenvalue weighted by Gasteiger charge is 2.19. The number of aryl methyl sites for hydroxylation is 1. The van der Waals surface area contributed by atoms with Crippen molar-refractivity contribution in [3.05, 3.63) is 31.6 Å². The van der Waals surface area contributed by atoms with Crippen molar-refractivity contribution in [2.75, 3.05) is 6.54 Å². The molecule has 0 aromatic carbocycles. The maximum Gasteiger partial charge on any atom is 0.118 e. The Labute approximate surface area is 108 Å². The van der Waals surface area contributed by atoms with Crippen molar-refractivity contribution in [3.63, 3.8) is 0 Å². The van der Waals surface area contributed by atoms with Crippen molar-refractivity contribution >= 4 is 34.3 Å². The third-order valence-corrected chi connectivity index (χ3v) is 4.24. The van der Waals surface area contributed by atoms with Crippen LogP contribution in [0.1, 0.15) is 28.7 Å². The number of nitrogens with one attached hydrogen (secondary N) is 1. The summed E-state index contributed by atoms with van der Waals surface area (Å²) >= 11 is 9.06. The van der Waals surface area contributed by atoms with Crippen LogP contribution < -0.4 is 5.32 Å². The molecule has 0 spiro atoms. The predicted molar refractivity (Wildman–Crippen MR) is 69.5 cm³/mol. The van der Waals surface area contributed by atoms with Gasteiger partial charge in [0.1, 0.15) is 20.4 Å². The zero-order valence-electron chi connectivity index (χ0n) is 9.03. The number of hydrogen-bond acceptors (Lipinski definition) is 5. The molecule has 0 saturated carbocycles. The fourth-order valence-corrected chi connectivity index (χ4v) is 3.35. The molecule has 2 heterocycles. The lowest BCUT2D eigenvalue weighted by atomic mass is 10.3. The second kappa shape index (κ2) is 5.23. The van der Waals surface area contributed by atoms with Gasteiger partial charge >= 0.3 is 0 Å². The Morgan fingerprint density at radius 1 is 1.50 bits per heavy atom. The molecule has 16 heavy (non-hydrogen) atoms. The van der Waals surface area contributed by atoms with Crippen molar-refractivity contribution < 1.29 is 0 Å². The average molecular weight is 274 g/mol. The maximum absolute atomic E-state index is 5.91. The number of halogens is 1. The van der Waals surface area contributed by atoms with E-state index in [1.165, 1.54) is 11.3 Å². The van der Waals surface area contributed by atoms with Crippen LogP contribution in [0.15, 0.2) is 11.6 Å². The first-order chi connectivity index (χ1) is 7.70. The maximum atomic E-state index is 5.91. The van der Waals surface area contributed by atoms with Crippen molar-refractivity contribution in [2.45, 2.75) is 19.9 Å². The van der Waals surface area contributed by atoms with Crippen LogP contribution in [0.5, 0.6) is 0 Å². The van der Waals surface area contributed by atoms with Crippen LogP contribution in [-0.4, -0.2) is 16.5 Å². The Bertz CT molecular complexity index is 426. The lowest BCUT2D eigenvalue weighted by Gasteiger charge is -2.11. The van der Waals surface area contributed by atoms with Gasteiger partial charge in [-0.15, -0.1) is 22.7 Å². The molecule has 0 bridgehead atoms. The topological polar surface area (TPSA) is 37.8 Å². The van der Waals surface area contributed by atoms with Gasteiger partial charge in [-0.05, 0) is 13.5 Å². The molecule has 0 radical (unpaired) electrons. The van der Waals surface area contributed by atoms with E-state index in [1.807, 2.05) is 6.92 Å². The van der Waals surface area contributed by atoms with E-state index in [-0.39, 0.29) is 6.04 Å². The van der Waals surface area contributed by atoms with Crippen molar-refractivity contribution in [3.8, 4) is 0 Å². The highest BCUT2D eigenvalue weighted by Crippen LogP contribution is 2.30. The van der Waals surface area contributed by atoms with Gasteiger partial charge in [-0.3, -0.25) is 0 Å². The molecule has 6 heteroatoms. The molecule has 2 aromatic rings. The van der Waals surface area contributed by atoms with E-state index < -0.39 is 0 Å². The van der Waals surface area contributed by atoms with E-state index in [1.54, 1.807) is 17.5 Å². The number of nitrogens with zero attached hydrogens (tertiary/aromatic N) is 2. The Morgan fingerprint density at radius 3 is 2.81 bits per heavy atom. The molecule has 0 aliphatic rings. The van der Waals surface area contributed by atoms with E-state index in [0.717, 1.165) is 22.3 Å². The van der Waals surface area contributed by atoms with E-state index in [4.69, 9.17) is 11.6 Å². The molecule has 86 valence electrons. The highest BCUT2D eigenvalue weighted by atomic mass is 35.5. The predicted octanol–water partition coefficient (Wildman–Crippen LogP) is 3.26. The summed E-state index contributed by atoms with van der Waals surface area (Å²) in [5.74, 6) is 0. The second-order valence-electron chi connectivity index (χ2n) is 3.32. The zero-order valence-corrected chi connectivity index (χ0v) is 11.4. The van der Waals surface area contributed by atoms with Crippen LogP contribution in [0, 0.1) is 6.92 Å². The lowest BCUT2D eigenvalue weighted by Crippen LogP contribution is -2.21. The second-order valence-corrected chi connectivity index (χ2v) is 5.90. The summed E-state index contributed by atoms with van der Waals surface area (Å²) in [5, 5.41) is 7.45. The summed E-state index contributed by atoms with van der Waals surface area (Å²) in [6.07, 6.45) is 1.69. The van der Waals surface area contributed by atoms with Gasteiger partial charge in [0.2, 0.25) is 0 Å². The molecule has 1 N–H and O–H groups in total. The van der Waals surface area contributed by atoms with Gasteiger partial charge in [0.25, 0.3) is 0 Å². The summed E-state index contributed by atoms with van der Waals surface area (Å²) in [7, 11) is 0. The summed E-state index contributed by atoms with van der Waals surface area (Å²) in [5.41, 5.74) is 1.05. The smallest absolute Gasteiger partial charge is 0.118 e. The molecular weight excluding hydrogens is 262 g/mol. The van der Waals surface area contributed by atoms with E-state index in [2.05, 4.69) is 27.6 Å². The Balaban J connectivity index is 2.30. The van der Waals surface area contributed by atoms with Gasteiger partial charge < -0.3 is 5.32 Å². The van der Waals surface area contributed by atoms with Crippen LogP contribution in [-0.2, 0) is 0 Å². The molecule has 0 fully saturated rings. The normalized spacial score (nSPS) is 12.9. The van der Waals surface area contributed by atoms with E-state index in [9.17, 15) is 0 Å². The van der Waals surface area contributed by atoms with E-state index >= 15 is 0 Å². The number of aromatic nitrogens is 2. The van der Waals surface area contributed by atoms with Crippen molar-refractivity contribution in [1.29, 1.82) is 0 Å². The molecule has 2 aromatic heterocycles. The minimum atomic E-state index is 0.0706. The van der Waals surface area contributed by atoms with Gasteiger partial charge in [-0.1, -0.05) is 18.5 Å². The van der Waals surface area contributed by atoms with Gasteiger partial charge in [-0.25, -0.2) is 9.97 Å². The summed E-state index contributed by atoms with van der Waals surface area (Å²) in [6, 6.07) is 0.0706. The summed E-state index contributed by atoms with van der Waals surface area (Å²) in [4.78, 5) is 8.81. The molecule has 3 nitrogen and oxygen atoms in total. The van der Waals surface area contributed by atoms with Crippen LogP contribution in [0.3, 0.4) is 0 Å². The van der Waals surface area contributed by atoms with Gasteiger partial charge in [0.05, 0.1) is 6.20 Å². The third kappa shape index (κ3) is 2.60. The standard InChI is InChI=1S/C10H12ClN3S2/c1-3-12-8(9-13-4-7(11)16-9)10-14-6(2)5-15-10/h4-5,8,12H,3H2,1-2H3. The van der Waals surface area contributed by atoms with Crippen LogP contribution in [0.2, 0.25) is 4.34 Å². The largest absolute Gasteiger partial charge is 0.303 e. The highest BCUT2D eigenvalue weighted by molar-refractivity contribution is 7.16. The van der Waals surface area contributed by atoms with Gasteiger partial charge in [0, 0.05) is 11.1 Å². The fourth-order valence-electron chi connectivity index (χ4n) is 1.39. The van der Waals surface area contributed by atoms with Gasteiger partial charge in [-0.2, -0.15) is 0 Å². The molecule has 0 saturated heterocycles. The quantitative estimate of drug-likeness (QED) is 0.929. The fraction of sp³-hybridized carbons (Fsp3) is 0.400.